The number of anilines is 2. The van der Waals surface area contributed by atoms with Crippen molar-refractivity contribution in [3.05, 3.63) is 66.5 Å². The highest BCUT2D eigenvalue weighted by atomic mass is 19.1. The molecule has 1 fully saturated rings. The molecule has 166 valence electrons. The van der Waals surface area contributed by atoms with E-state index in [9.17, 15) is 9.18 Å². The zero-order chi connectivity index (χ0) is 22.5. The first-order valence-corrected chi connectivity index (χ1v) is 11.1. The van der Waals surface area contributed by atoms with Gasteiger partial charge in [-0.3, -0.25) is 9.78 Å². The average Bonchev–Trinajstić information content (AvgIpc) is 2.79. The van der Waals surface area contributed by atoms with Crippen LogP contribution < -0.4 is 5.32 Å². The molecule has 1 aliphatic heterocycles. The van der Waals surface area contributed by atoms with Crippen molar-refractivity contribution in [1.29, 1.82) is 0 Å². The third-order valence-electron chi connectivity index (χ3n) is 5.54. The normalized spacial score (nSPS) is 16.2. The number of amides is 1. The molecule has 1 saturated heterocycles. The minimum absolute atomic E-state index is 0.0507. The molecule has 6 nitrogen and oxygen atoms in total. The van der Waals surface area contributed by atoms with Crippen LogP contribution in [0.2, 0.25) is 0 Å². The van der Waals surface area contributed by atoms with Crippen LogP contribution in [0.15, 0.2) is 54.9 Å². The summed E-state index contributed by atoms with van der Waals surface area (Å²) in [4.78, 5) is 28.3. The van der Waals surface area contributed by atoms with Gasteiger partial charge in [-0.1, -0.05) is 19.9 Å². The first kappa shape index (κ1) is 21.9. The van der Waals surface area contributed by atoms with Crippen LogP contribution in [0, 0.1) is 11.7 Å². The van der Waals surface area contributed by atoms with Gasteiger partial charge in [0, 0.05) is 55.1 Å². The van der Waals surface area contributed by atoms with E-state index < -0.39 is 0 Å². The quantitative estimate of drug-likeness (QED) is 0.580. The van der Waals surface area contributed by atoms with Gasteiger partial charge >= 0.3 is 0 Å². The monoisotopic (exact) mass is 433 g/mol. The number of pyridine rings is 1. The predicted octanol–water partition coefficient (Wildman–Crippen LogP) is 5.17. The van der Waals surface area contributed by atoms with Gasteiger partial charge in [-0.2, -0.15) is 0 Å². The Morgan fingerprint density at radius 3 is 2.75 bits per heavy atom. The maximum Gasteiger partial charge on any atom is 0.222 e. The molecule has 0 bridgehead atoms. The Balaban J connectivity index is 1.65. The van der Waals surface area contributed by atoms with Gasteiger partial charge in [-0.15, -0.1) is 0 Å². The lowest BCUT2D eigenvalue weighted by molar-refractivity contribution is -0.133. The number of hydrogen-bond donors (Lipinski definition) is 1. The lowest BCUT2D eigenvalue weighted by atomic mass is 9.96. The number of halogens is 1. The maximum atomic E-state index is 13.7. The first-order valence-electron chi connectivity index (χ1n) is 11.1. The molecular formula is C25H28FN5O. The molecule has 0 aliphatic carbocycles. The van der Waals surface area contributed by atoms with Crippen molar-refractivity contribution in [3.63, 3.8) is 0 Å². The van der Waals surface area contributed by atoms with Crippen LogP contribution in [-0.4, -0.2) is 38.8 Å². The molecule has 1 aliphatic rings. The molecular weight excluding hydrogens is 405 g/mol. The first-order chi connectivity index (χ1) is 15.5. The number of likely N-dealkylation sites (tertiary alicyclic amines) is 1. The summed E-state index contributed by atoms with van der Waals surface area (Å²) in [6.45, 7) is 5.52. The molecule has 3 aromatic rings. The minimum Gasteiger partial charge on any atom is -0.342 e. The lowest BCUT2D eigenvalue weighted by Crippen LogP contribution is -2.40. The topological polar surface area (TPSA) is 71.0 Å². The molecule has 1 atom stereocenters. The molecule has 1 amide bonds. The van der Waals surface area contributed by atoms with Gasteiger partial charge in [0.25, 0.3) is 0 Å². The summed E-state index contributed by atoms with van der Waals surface area (Å²) in [5.41, 5.74) is 2.31. The highest BCUT2D eigenvalue weighted by molar-refractivity contribution is 5.76. The van der Waals surface area contributed by atoms with E-state index in [1.807, 2.05) is 23.1 Å². The standard InChI is InChI=1S/C25H28FN5O/c1-17(2)13-24(32)31-12-4-5-19(16-31)25-29-22(18-8-10-27-11-9-18)15-23(30-25)28-21-7-3-6-20(26)14-21/h3,6-11,14-15,17,19H,4-5,12-13,16H2,1-2H3,(H,28,29,30). The average molecular weight is 434 g/mol. The van der Waals surface area contributed by atoms with Crippen LogP contribution in [0.1, 0.15) is 44.9 Å². The number of aromatic nitrogens is 3. The Bertz CT molecular complexity index is 1070. The highest BCUT2D eigenvalue weighted by Gasteiger charge is 2.27. The summed E-state index contributed by atoms with van der Waals surface area (Å²) in [7, 11) is 0. The smallest absolute Gasteiger partial charge is 0.222 e. The largest absolute Gasteiger partial charge is 0.342 e. The Labute approximate surface area is 187 Å². The van der Waals surface area contributed by atoms with Gasteiger partial charge < -0.3 is 10.2 Å². The molecule has 1 N–H and O–H groups in total. The lowest BCUT2D eigenvalue weighted by Gasteiger charge is -2.32. The molecule has 2 aromatic heterocycles. The Morgan fingerprint density at radius 1 is 1.19 bits per heavy atom. The van der Waals surface area contributed by atoms with Crippen LogP contribution in [0.5, 0.6) is 0 Å². The third-order valence-corrected chi connectivity index (χ3v) is 5.54. The zero-order valence-corrected chi connectivity index (χ0v) is 18.5. The van der Waals surface area contributed by atoms with E-state index >= 15 is 0 Å². The minimum atomic E-state index is -0.315. The molecule has 0 saturated carbocycles. The van der Waals surface area contributed by atoms with E-state index in [0.717, 1.165) is 30.6 Å². The van der Waals surface area contributed by atoms with Crippen molar-refractivity contribution in [2.24, 2.45) is 5.92 Å². The number of benzene rings is 1. The Kier molecular flexibility index (Phi) is 6.73. The fraction of sp³-hybridized carbons (Fsp3) is 0.360. The molecule has 1 aromatic carbocycles. The van der Waals surface area contributed by atoms with E-state index in [4.69, 9.17) is 9.97 Å². The van der Waals surface area contributed by atoms with E-state index in [1.54, 1.807) is 24.5 Å². The van der Waals surface area contributed by atoms with Crippen LogP contribution in [0.3, 0.4) is 0 Å². The van der Waals surface area contributed by atoms with E-state index in [-0.39, 0.29) is 17.6 Å². The number of nitrogens with one attached hydrogen (secondary N) is 1. The van der Waals surface area contributed by atoms with Crippen molar-refractivity contribution in [3.8, 4) is 11.3 Å². The fourth-order valence-corrected chi connectivity index (χ4v) is 3.99. The predicted molar refractivity (Wildman–Crippen MR) is 123 cm³/mol. The van der Waals surface area contributed by atoms with Gasteiger partial charge in [0.05, 0.1) is 5.69 Å². The Hall–Kier alpha value is -3.35. The Morgan fingerprint density at radius 2 is 2.00 bits per heavy atom. The molecule has 0 spiro atoms. The van der Waals surface area contributed by atoms with Crippen molar-refractivity contribution in [1.82, 2.24) is 19.9 Å². The second-order valence-electron chi connectivity index (χ2n) is 8.64. The molecule has 7 heteroatoms. The number of rotatable bonds is 6. The summed E-state index contributed by atoms with van der Waals surface area (Å²) in [6, 6.07) is 11.9. The third kappa shape index (κ3) is 5.46. The second-order valence-corrected chi connectivity index (χ2v) is 8.64. The maximum absolute atomic E-state index is 13.7. The van der Waals surface area contributed by atoms with E-state index in [0.29, 0.717) is 36.2 Å². The molecule has 3 heterocycles. The molecule has 1 unspecified atom stereocenters. The van der Waals surface area contributed by atoms with E-state index in [2.05, 4.69) is 24.1 Å². The van der Waals surface area contributed by atoms with Crippen molar-refractivity contribution < 1.29 is 9.18 Å². The van der Waals surface area contributed by atoms with Crippen LogP contribution >= 0.6 is 0 Å². The summed E-state index contributed by atoms with van der Waals surface area (Å²) < 4.78 is 13.7. The number of hydrogen-bond acceptors (Lipinski definition) is 5. The van der Waals surface area contributed by atoms with Crippen molar-refractivity contribution in [2.45, 2.75) is 39.0 Å². The van der Waals surface area contributed by atoms with Crippen molar-refractivity contribution in [2.75, 3.05) is 18.4 Å². The van der Waals surface area contributed by atoms with Gasteiger partial charge in [0.1, 0.15) is 17.5 Å². The SMILES string of the molecule is CC(C)CC(=O)N1CCCC(c2nc(Nc3cccc(F)c3)cc(-c3ccncc3)n2)C1. The van der Waals surface area contributed by atoms with Crippen LogP contribution in [0.25, 0.3) is 11.3 Å². The number of carbonyl (C=O) groups excluding carboxylic acids is 1. The second kappa shape index (κ2) is 9.85. The molecule has 32 heavy (non-hydrogen) atoms. The van der Waals surface area contributed by atoms with Crippen molar-refractivity contribution >= 4 is 17.4 Å². The molecule has 0 radical (unpaired) electrons. The van der Waals surface area contributed by atoms with Gasteiger partial charge in [-0.25, -0.2) is 14.4 Å². The highest BCUT2D eigenvalue weighted by Crippen LogP contribution is 2.29. The molecule has 4 rings (SSSR count). The summed E-state index contributed by atoms with van der Waals surface area (Å²) in [6.07, 6.45) is 5.85. The van der Waals surface area contributed by atoms with Crippen LogP contribution in [-0.2, 0) is 4.79 Å². The summed E-state index contributed by atoms with van der Waals surface area (Å²) in [5.74, 6) is 1.54. The number of carbonyl (C=O) groups is 1. The summed E-state index contributed by atoms with van der Waals surface area (Å²) in [5, 5.41) is 3.21. The fourth-order valence-electron chi connectivity index (χ4n) is 3.99. The van der Waals surface area contributed by atoms with Crippen LogP contribution in [0.4, 0.5) is 15.9 Å². The zero-order valence-electron chi connectivity index (χ0n) is 18.5. The number of nitrogens with zero attached hydrogens (tertiary/aromatic N) is 4. The van der Waals surface area contributed by atoms with E-state index in [1.165, 1.54) is 12.1 Å². The van der Waals surface area contributed by atoms with Gasteiger partial charge in [-0.05, 0) is 49.1 Å². The van der Waals surface area contributed by atoms with Gasteiger partial charge in [0.15, 0.2) is 0 Å². The summed E-state index contributed by atoms with van der Waals surface area (Å²) >= 11 is 0. The number of piperidine rings is 1. The van der Waals surface area contributed by atoms with Gasteiger partial charge in [0.2, 0.25) is 5.91 Å².